The number of benzene rings is 2. The molecule has 1 aromatic heterocycles. The Labute approximate surface area is 244 Å². The van der Waals surface area contributed by atoms with Crippen LogP contribution < -0.4 is 18.9 Å². The minimum Gasteiger partial charge on any atom is -0.497 e. The van der Waals surface area contributed by atoms with Gasteiger partial charge in [-0.3, -0.25) is 0 Å². The summed E-state index contributed by atoms with van der Waals surface area (Å²) in [5, 5.41) is 9.59. The van der Waals surface area contributed by atoms with Gasteiger partial charge in [0.05, 0.1) is 97.4 Å². The first kappa shape index (κ1) is 31.7. The van der Waals surface area contributed by atoms with Crippen LogP contribution >= 0.6 is 11.3 Å². The molecule has 1 heterocycles. The average molecular weight is 583 g/mol. The summed E-state index contributed by atoms with van der Waals surface area (Å²) in [5.74, 6) is 1.90. The van der Waals surface area contributed by atoms with Crippen molar-refractivity contribution in [3.63, 3.8) is 0 Å². The molecule has 0 atom stereocenters. The van der Waals surface area contributed by atoms with Crippen LogP contribution in [0, 0.1) is 17.9 Å². The molecule has 0 unspecified atom stereocenters. The minimum absolute atomic E-state index is 0.231. The zero-order valence-electron chi connectivity index (χ0n) is 24.1. The van der Waals surface area contributed by atoms with Gasteiger partial charge >= 0.3 is 0 Å². The Morgan fingerprint density at radius 2 is 1.10 bits per heavy atom. The van der Waals surface area contributed by atoms with Gasteiger partial charge in [-0.05, 0) is 24.3 Å². The van der Waals surface area contributed by atoms with E-state index in [0.29, 0.717) is 71.8 Å². The molecule has 0 spiro atoms. The monoisotopic (exact) mass is 582 g/mol. The van der Waals surface area contributed by atoms with Crippen molar-refractivity contribution in [1.82, 2.24) is 0 Å². The first-order valence-corrected chi connectivity index (χ1v) is 13.4. The molecule has 0 aliphatic heterocycles. The summed E-state index contributed by atoms with van der Waals surface area (Å²) in [6, 6.07) is 8.86. The van der Waals surface area contributed by atoms with Gasteiger partial charge in [-0.1, -0.05) is 0 Å². The van der Waals surface area contributed by atoms with Crippen LogP contribution in [-0.4, -0.2) is 69.1 Å². The van der Waals surface area contributed by atoms with Crippen molar-refractivity contribution in [1.29, 1.82) is 5.26 Å². The maximum absolute atomic E-state index is 9.59. The molecule has 41 heavy (non-hydrogen) atoms. The molecule has 10 nitrogen and oxygen atoms in total. The molecular weight excluding hydrogens is 548 g/mol. The minimum atomic E-state index is 0.231. The largest absolute Gasteiger partial charge is 0.497 e. The van der Waals surface area contributed by atoms with Crippen LogP contribution in [0.3, 0.4) is 0 Å². The lowest BCUT2D eigenvalue weighted by atomic mass is 9.99. The second-order valence-corrected chi connectivity index (χ2v) is 9.53. The topological polar surface area (TPSA) is 102 Å². The summed E-state index contributed by atoms with van der Waals surface area (Å²) in [6.07, 6.45) is 0. The van der Waals surface area contributed by atoms with E-state index in [9.17, 15) is 5.26 Å². The van der Waals surface area contributed by atoms with E-state index < -0.39 is 0 Å². The van der Waals surface area contributed by atoms with Crippen molar-refractivity contribution >= 4 is 17.0 Å². The molecule has 0 bridgehead atoms. The Kier molecular flexibility index (Phi) is 12.2. The predicted molar refractivity (Wildman–Crippen MR) is 155 cm³/mol. The number of nitrogens with zero attached hydrogens (tertiary/aromatic N) is 2. The highest BCUT2D eigenvalue weighted by molar-refractivity contribution is 7.19. The van der Waals surface area contributed by atoms with Gasteiger partial charge in [-0.2, -0.15) is 5.26 Å². The van der Waals surface area contributed by atoms with E-state index in [1.165, 1.54) is 11.3 Å². The first-order valence-electron chi connectivity index (χ1n) is 12.6. The van der Waals surface area contributed by atoms with E-state index in [0.717, 1.165) is 20.9 Å². The lowest BCUT2D eigenvalue weighted by molar-refractivity contribution is 0.0539. The molecule has 0 amide bonds. The zero-order chi connectivity index (χ0) is 29.8. The summed E-state index contributed by atoms with van der Waals surface area (Å²) in [7, 11) is 9.43. The number of methoxy groups -OCH3 is 6. The van der Waals surface area contributed by atoms with Crippen LogP contribution in [0.5, 0.6) is 23.0 Å². The van der Waals surface area contributed by atoms with Crippen molar-refractivity contribution < 1.29 is 37.9 Å². The third-order valence-corrected chi connectivity index (χ3v) is 7.49. The maximum Gasteiger partial charge on any atom is 0.194 e. The van der Waals surface area contributed by atoms with Crippen molar-refractivity contribution in [2.24, 2.45) is 0 Å². The summed E-state index contributed by atoms with van der Waals surface area (Å²) >= 11 is 1.46. The highest BCUT2D eigenvalue weighted by Gasteiger charge is 2.29. The molecule has 3 rings (SSSR count). The van der Waals surface area contributed by atoms with Gasteiger partial charge < -0.3 is 37.9 Å². The Morgan fingerprint density at radius 3 is 1.44 bits per heavy atom. The fraction of sp³-hybridized carbons (Fsp3) is 0.400. The number of thiophene rings is 1. The first-order chi connectivity index (χ1) is 20.0. The van der Waals surface area contributed by atoms with Gasteiger partial charge in [0.15, 0.2) is 5.69 Å². The van der Waals surface area contributed by atoms with E-state index in [-0.39, 0.29) is 13.2 Å². The average Bonchev–Trinajstić information content (AvgIpc) is 3.36. The SMILES string of the molecule is [C-]#[N+]c1cc(OC)c(-c2sc(-c3c(OC)cc(C#N)cc3OC)c(COCCOC)c2COCCOC)c(OC)c1. The lowest BCUT2D eigenvalue weighted by Gasteiger charge is -2.16. The Bertz CT molecular complexity index is 1250. The normalized spacial score (nSPS) is 10.6. The Balaban J connectivity index is 2.40. The molecule has 0 aliphatic rings. The molecule has 0 saturated heterocycles. The third kappa shape index (κ3) is 7.27. The van der Waals surface area contributed by atoms with E-state index in [2.05, 4.69) is 10.9 Å². The number of hydrogen-bond donors (Lipinski definition) is 0. The number of ether oxygens (including phenoxy) is 8. The molecule has 218 valence electrons. The standard InChI is InChI=1S/C30H34N2O8S/c1-32-20-14-25(37-6)28(26(15-20)38-7)30-22(18-40-11-9-34-3)21(17-39-10-8-33-2)29(41-30)27-23(35-4)12-19(16-31)13-24(27)36-5/h12-15H,8-11,17-18H2,2-7H3. The summed E-state index contributed by atoms with van der Waals surface area (Å²) in [4.78, 5) is 5.18. The second-order valence-electron chi connectivity index (χ2n) is 8.51. The number of rotatable bonds is 16. The van der Waals surface area contributed by atoms with Crippen LogP contribution in [0.2, 0.25) is 0 Å². The zero-order valence-corrected chi connectivity index (χ0v) is 24.9. The fourth-order valence-corrected chi connectivity index (χ4v) is 5.65. The van der Waals surface area contributed by atoms with Crippen molar-refractivity contribution in [2.75, 3.05) is 69.1 Å². The van der Waals surface area contributed by atoms with Gasteiger partial charge in [-0.25, -0.2) is 4.85 Å². The van der Waals surface area contributed by atoms with Gasteiger partial charge in [0.1, 0.15) is 23.0 Å². The number of nitriles is 1. The van der Waals surface area contributed by atoms with E-state index >= 15 is 0 Å². The highest BCUT2D eigenvalue weighted by Crippen LogP contribution is 2.53. The van der Waals surface area contributed by atoms with E-state index in [4.69, 9.17) is 44.5 Å². The van der Waals surface area contributed by atoms with Crippen molar-refractivity contribution in [2.45, 2.75) is 13.2 Å². The molecule has 11 heteroatoms. The van der Waals surface area contributed by atoms with Gasteiger partial charge in [-0.15, -0.1) is 11.3 Å². The van der Waals surface area contributed by atoms with E-state index in [1.54, 1.807) is 66.9 Å². The summed E-state index contributed by atoms with van der Waals surface area (Å²) in [6.45, 7) is 9.59. The van der Waals surface area contributed by atoms with Gasteiger partial charge in [0.25, 0.3) is 0 Å². The van der Waals surface area contributed by atoms with Crippen molar-refractivity contribution in [3.05, 3.63) is 52.4 Å². The van der Waals surface area contributed by atoms with Gasteiger partial charge in [0.2, 0.25) is 0 Å². The molecule has 0 radical (unpaired) electrons. The van der Waals surface area contributed by atoms with E-state index in [1.807, 2.05) is 0 Å². The van der Waals surface area contributed by atoms with Crippen LogP contribution in [0.1, 0.15) is 16.7 Å². The fourth-order valence-electron chi connectivity index (χ4n) is 4.23. The third-order valence-electron chi connectivity index (χ3n) is 6.18. The Hall–Kier alpha value is -3.84. The van der Waals surface area contributed by atoms with Crippen molar-refractivity contribution in [3.8, 4) is 49.9 Å². The lowest BCUT2D eigenvalue weighted by Crippen LogP contribution is -2.07. The summed E-state index contributed by atoms with van der Waals surface area (Å²) in [5.41, 5.74) is 3.82. The van der Waals surface area contributed by atoms with Gasteiger partial charge in [0, 0.05) is 35.1 Å². The number of hydrogen-bond acceptors (Lipinski definition) is 10. The van der Waals surface area contributed by atoms with Crippen LogP contribution in [0.4, 0.5) is 5.69 Å². The summed E-state index contributed by atoms with van der Waals surface area (Å²) < 4.78 is 45.5. The van der Waals surface area contributed by atoms with Crippen LogP contribution in [0.15, 0.2) is 24.3 Å². The maximum atomic E-state index is 9.59. The molecular formula is C30H34N2O8S. The molecule has 0 aliphatic carbocycles. The Morgan fingerprint density at radius 1 is 0.683 bits per heavy atom. The molecule has 0 N–H and O–H groups in total. The van der Waals surface area contributed by atoms with Crippen LogP contribution in [0.25, 0.3) is 25.7 Å². The molecule has 0 fully saturated rings. The molecule has 3 aromatic rings. The quantitative estimate of drug-likeness (QED) is 0.152. The predicted octanol–water partition coefficient (Wildman–Crippen LogP) is 5.86. The molecule has 0 saturated carbocycles. The van der Waals surface area contributed by atoms with Crippen LogP contribution in [-0.2, 0) is 32.2 Å². The molecule has 2 aromatic carbocycles. The highest BCUT2D eigenvalue weighted by atomic mass is 32.1. The second kappa shape index (κ2) is 15.8. The smallest absolute Gasteiger partial charge is 0.194 e.